The zero-order chi connectivity index (χ0) is 13.6. The van der Waals surface area contributed by atoms with E-state index in [1.165, 1.54) is 22.3 Å². The molecule has 0 radical (unpaired) electrons. The summed E-state index contributed by atoms with van der Waals surface area (Å²) in [6, 6.07) is 6.63. The molecule has 1 aliphatic heterocycles. The second-order valence-corrected chi connectivity index (χ2v) is 7.17. The van der Waals surface area contributed by atoms with Crippen LogP contribution >= 0.6 is 0 Å². The molecule has 0 N–H and O–H groups in total. The third-order valence-corrected chi connectivity index (χ3v) is 3.51. The minimum Gasteiger partial charge on any atom is -0.496 e. The highest BCUT2D eigenvalue weighted by molar-refractivity contribution is 5.73. The average Bonchev–Trinajstić information content (AvgIpc) is 2.24. The van der Waals surface area contributed by atoms with Crippen LogP contribution in [0.15, 0.2) is 24.5 Å². The highest BCUT2D eigenvalue weighted by Crippen LogP contribution is 2.41. The summed E-state index contributed by atoms with van der Waals surface area (Å²) in [5, 5.41) is 0. The van der Waals surface area contributed by atoms with Crippen LogP contribution in [0.3, 0.4) is 0 Å². The van der Waals surface area contributed by atoms with Crippen LogP contribution in [0.2, 0.25) is 0 Å². The van der Waals surface area contributed by atoms with Gasteiger partial charge >= 0.3 is 0 Å². The predicted octanol–water partition coefficient (Wildman–Crippen LogP) is 4.90. The van der Waals surface area contributed by atoms with Crippen molar-refractivity contribution in [2.45, 2.75) is 53.6 Å². The van der Waals surface area contributed by atoms with Crippen LogP contribution in [0.25, 0.3) is 5.57 Å². The standard InChI is InChI=1S/C17H24O/c1-16(2,3)14-9-7-8-12-13(14)10-18-11-15(12)17(4,5)6/h7-9,11H,10H2,1-6H3. The zero-order valence-corrected chi connectivity index (χ0v) is 12.4. The molecule has 0 saturated heterocycles. The van der Waals surface area contributed by atoms with Gasteiger partial charge in [0.25, 0.3) is 0 Å². The average molecular weight is 244 g/mol. The van der Waals surface area contributed by atoms with E-state index < -0.39 is 0 Å². The highest BCUT2D eigenvalue weighted by atomic mass is 16.5. The largest absolute Gasteiger partial charge is 0.496 e. The van der Waals surface area contributed by atoms with E-state index in [1.54, 1.807) is 0 Å². The maximum atomic E-state index is 5.71. The van der Waals surface area contributed by atoms with Crippen LogP contribution in [-0.2, 0) is 16.8 Å². The molecule has 0 bridgehead atoms. The van der Waals surface area contributed by atoms with E-state index in [0.29, 0.717) is 6.61 Å². The summed E-state index contributed by atoms with van der Waals surface area (Å²) in [5.74, 6) is 0. The van der Waals surface area contributed by atoms with E-state index in [0.717, 1.165) is 0 Å². The lowest BCUT2D eigenvalue weighted by atomic mass is 9.76. The SMILES string of the molecule is CC(C)(C)C1=COCc2c1cccc2C(C)(C)C. The lowest BCUT2D eigenvalue weighted by molar-refractivity contribution is 0.226. The molecule has 0 aliphatic carbocycles. The van der Waals surface area contributed by atoms with Crippen molar-refractivity contribution in [2.24, 2.45) is 5.41 Å². The van der Waals surface area contributed by atoms with Crippen LogP contribution in [0.5, 0.6) is 0 Å². The molecule has 1 aliphatic rings. The number of hydrogen-bond acceptors (Lipinski definition) is 1. The van der Waals surface area contributed by atoms with E-state index in [4.69, 9.17) is 4.74 Å². The Balaban J connectivity index is 2.61. The second-order valence-electron chi connectivity index (χ2n) is 7.17. The van der Waals surface area contributed by atoms with Gasteiger partial charge in [-0.1, -0.05) is 59.7 Å². The van der Waals surface area contributed by atoms with Crippen molar-refractivity contribution in [1.29, 1.82) is 0 Å². The molecule has 18 heavy (non-hydrogen) atoms. The van der Waals surface area contributed by atoms with Crippen LogP contribution in [0.1, 0.15) is 58.2 Å². The van der Waals surface area contributed by atoms with E-state index in [9.17, 15) is 0 Å². The van der Waals surface area contributed by atoms with Gasteiger partial charge in [-0.2, -0.15) is 0 Å². The molecule has 0 amide bonds. The summed E-state index contributed by atoms with van der Waals surface area (Å²) in [7, 11) is 0. The summed E-state index contributed by atoms with van der Waals surface area (Å²) in [5.41, 5.74) is 5.70. The fourth-order valence-corrected chi connectivity index (χ4v) is 2.55. The molecule has 0 atom stereocenters. The Labute approximate surface area is 111 Å². The van der Waals surface area contributed by atoms with Crippen molar-refractivity contribution in [2.75, 3.05) is 0 Å². The van der Waals surface area contributed by atoms with Gasteiger partial charge in [0.1, 0.15) is 6.61 Å². The Morgan fingerprint density at radius 2 is 1.61 bits per heavy atom. The number of fused-ring (bicyclic) bond motifs is 1. The zero-order valence-electron chi connectivity index (χ0n) is 12.4. The number of rotatable bonds is 0. The number of hydrogen-bond donors (Lipinski definition) is 0. The van der Waals surface area contributed by atoms with Gasteiger partial charge in [0.05, 0.1) is 6.26 Å². The normalized spacial score (nSPS) is 15.8. The molecular weight excluding hydrogens is 220 g/mol. The fraction of sp³-hybridized carbons (Fsp3) is 0.529. The number of ether oxygens (including phenoxy) is 1. The molecule has 1 aromatic carbocycles. The van der Waals surface area contributed by atoms with E-state index in [2.05, 4.69) is 59.7 Å². The number of benzene rings is 1. The van der Waals surface area contributed by atoms with Gasteiger partial charge < -0.3 is 4.74 Å². The molecule has 2 rings (SSSR count). The predicted molar refractivity (Wildman–Crippen MR) is 77.4 cm³/mol. The summed E-state index contributed by atoms with van der Waals surface area (Å²) in [6.45, 7) is 14.2. The quantitative estimate of drug-likeness (QED) is 0.630. The molecule has 0 aromatic heterocycles. The second kappa shape index (κ2) is 4.15. The molecule has 0 unspecified atom stereocenters. The highest BCUT2D eigenvalue weighted by Gasteiger charge is 2.28. The van der Waals surface area contributed by atoms with Gasteiger partial charge in [-0.15, -0.1) is 0 Å². The molecule has 1 heteroatoms. The van der Waals surface area contributed by atoms with E-state index in [-0.39, 0.29) is 10.8 Å². The van der Waals surface area contributed by atoms with Crippen molar-refractivity contribution in [3.05, 3.63) is 41.2 Å². The fourth-order valence-electron chi connectivity index (χ4n) is 2.55. The van der Waals surface area contributed by atoms with Crippen molar-refractivity contribution < 1.29 is 4.74 Å². The third-order valence-electron chi connectivity index (χ3n) is 3.51. The van der Waals surface area contributed by atoms with Gasteiger partial charge in [-0.25, -0.2) is 0 Å². The van der Waals surface area contributed by atoms with Crippen LogP contribution in [0.4, 0.5) is 0 Å². The summed E-state index contributed by atoms with van der Waals surface area (Å²) >= 11 is 0. The topological polar surface area (TPSA) is 9.23 Å². The Morgan fingerprint density at radius 3 is 2.17 bits per heavy atom. The van der Waals surface area contributed by atoms with Crippen molar-refractivity contribution in [3.63, 3.8) is 0 Å². The Kier molecular flexibility index (Phi) is 3.04. The van der Waals surface area contributed by atoms with Crippen molar-refractivity contribution >= 4 is 5.57 Å². The monoisotopic (exact) mass is 244 g/mol. The van der Waals surface area contributed by atoms with Crippen molar-refractivity contribution in [3.8, 4) is 0 Å². The maximum Gasteiger partial charge on any atom is 0.113 e. The smallest absolute Gasteiger partial charge is 0.113 e. The van der Waals surface area contributed by atoms with Crippen LogP contribution in [0, 0.1) is 5.41 Å². The molecular formula is C17H24O. The minimum absolute atomic E-state index is 0.117. The molecule has 0 spiro atoms. The molecule has 98 valence electrons. The lowest BCUT2D eigenvalue weighted by Gasteiger charge is -2.32. The third kappa shape index (κ3) is 2.31. The Hall–Kier alpha value is -1.24. The Bertz CT molecular complexity index is 481. The van der Waals surface area contributed by atoms with Gasteiger partial charge in [0.15, 0.2) is 0 Å². The lowest BCUT2D eigenvalue weighted by Crippen LogP contribution is -2.20. The first-order valence-electron chi connectivity index (χ1n) is 6.66. The summed E-state index contributed by atoms with van der Waals surface area (Å²) < 4.78 is 5.71. The van der Waals surface area contributed by atoms with Gasteiger partial charge in [0.2, 0.25) is 0 Å². The molecule has 1 aromatic rings. The van der Waals surface area contributed by atoms with Crippen molar-refractivity contribution in [1.82, 2.24) is 0 Å². The summed E-state index contributed by atoms with van der Waals surface area (Å²) in [4.78, 5) is 0. The van der Waals surface area contributed by atoms with E-state index in [1.807, 2.05) is 6.26 Å². The molecule has 0 fully saturated rings. The summed E-state index contributed by atoms with van der Waals surface area (Å²) in [6.07, 6.45) is 1.94. The van der Waals surface area contributed by atoms with Crippen LogP contribution in [-0.4, -0.2) is 0 Å². The molecule has 1 nitrogen and oxygen atoms in total. The molecule has 0 saturated carbocycles. The Morgan fingerprint density at radius 1 is 0.944 bits per heavy atom. The van der Waals surface area contributed by atoms with E-state index >= 15 is 0 Å². The maximum absolute atomic E-state index is 5.71. The number of allylic oxidation sites excluding steroid dienone is 1. The first-order chi connectivity index (χ1) is 8.21. The van der Waals surface area contributed by atoms with Gasteiger partial charge in [-0.3, -0.25) is 0 Å². The van der Waals surface area contributed by atoms with Gasteiger partial charge in [-0.05, 0) is 27.5 Å². The van der Waals surface area contributed by atoms with Crippen LogP contribution < -0.4 is 0 Å². The first-order valence-corrected chi connectivity index (χ1v) is 6.66. The van der Waals surface area contributed by atoms with Gasteiger partial charge in [0, 0.05) is 5.56 Å². The first kappa shape index (κ1) is 13.2. The minimum atomic E-state index is 0.117. The molecule has 1 heterocycles.